The summed E-state index contributed by atoms with van der Waals surface area (Å²) in [5.74, 6) is 0.350. The summed E-state index contributed by atoms with van der Waals surface area (Å²) in [4.78, 5) is 0. The van der Waals surface area contributed by atoms with Crippen molar-refractivity contribution >= 4 is 11.6 Å². The fourth-order valence-corrected chi connectivity index (χ4v) is 2.35. The molecule has 2 rings (SSSR count). The number of rotatable bonds is 4. The first-order valence-corrected chi connectivity index (χ1v) is 6.68. The first-order chi connectivity index (χ1) is 9.44. The molecule has 2 nitrogen and oxygen atoms in total. The zero-order valence-electron chi connectivity index (χ0n) is 11.5. The molecule has 0 radical (unpaired) electrons. The third-order valence-electron chi connectivity index (χ3n) is 3.34. The van der Waals surface area contributed by atoms with Gasteiger partial charge in [-0.25, -0.2) is 4.39 Å². The van der Waals surface area contributed by atoms with Crippen LogP contribution in [0, 0.1) is 5.82 Å². The molecule has 0 aliphatic heterocycles. The van der Waals surface area contributed by atoms with E-state index in [0.717, 1.165) is 11.3 Å². The van der Waals surface area contributed by atoms with Gasteiger partial charge in [0.15, 0.2) is 0 Å². The average molecular weight is 294 g/mol. The van der Waals surface area contributed by atoms with Crippen LogP contribution in [0.1, 0.15) is 18.1 Å². The summed E-state index contributed by atoms with van der Waals surface area (Å²) in [5, 5.41) is 0.137. The number of benzene rings is 2. The van der Waals surface area contributed by atoms with E-state index in [1.807, 2.05) is 31.2 Å². The summed E-state index contributed by atoms with van der Waals surface area (Å²) in [6, 6.07) is 12.3. The second kappa shape index (κ2) is 5.81. The maximum atomic E-state index is 13.5. The number of ether oxygens (including phenoxy) is 1. The van der Waals surface area contributed by atoms with Crippen molar-refractivity contribution in [3.8, 4) is 5.75 Å². The molecule has 0 aliphatic carbocycles. The molecule has 0 fully saturated rings. The van der Waals surface area contributed by atoms with Crippen LogP contribution in [0.25, 0.3) is 0 Å². The summed E-state index contributed by atoms with van der Waals surface area (Å²) >= 11 is 5.98. The lowest BCUT2D eigenvalue weighted by Gasteiger charge is -2.26. The predicted octanol–water partition coefficient (Wildman–Crippen LogP) is 3.90. The molecular weight excluding hydrogens is 277 g/mol. The number of hydrogen-bond acceptors (Lipinski definition) is 2. The summed E-state index contributed by atoms with van der Waals surface area (Å²) in [6.07, 6.45) is 0.454. The minimum atomic E-state index is -0.635. The number of hydrogen-bond donors (Lipinski definition) is 1. The number of halogens is 2. The molecule has 0 bridgehead atoms. The van der Waals surface area contributed by atoms with Gasteiger partial charge in [-0.2, -0.15) is 0 Å². The Labute approximate surface area is 123 Å². The van der Waals surface area contributed by atoms with E-state index < -0.39 is 11.4 Å². The Morgan fingerprint density at radius 3 is 2.45 bits per heavy atom. The van der Waals surface area contributed by atoms with Crippen LogP contribution in [-0.4, -0.2) is 7.11 Å². The number of nitrogens with two attached hydrogens (primary N) is 1. The van der Waals surface area contributed by atoms with Crippen molar-refractivity contribution in [2.45, 2.75) is 18.9 Å². The fraction of sp³-hybridized carbons (Fsp3) is 0.250. The standard InChI is InChI=1S/C16H17ClFNO/c1-16(19,12-6-8-13(20-2)9-7-12)10-11-4-3-5-14(18)15(11)17/h3-9H,10,19H2,1-2H3. The molecule has 1 atom stereocenters. The van der Waals surface area contributed by atoms with Gasteiger partial charge in [-0.3, -0.25) is 0 Å². The van der Waals surface area contributed by atoms with E-state index in [1.54, 1.807) is 19.2 Å². The normalized spacial score (nSPS) is 13.8. The highest BCUT2D eigenvalue weighted by Crippen LogP contribution is 2.29. The van der Waals surface area contributed by atoms with Crippen LogP contribution in [0.15, 0.2) is 42.5 Å². The molecule has 0 saturated heterocycles. The Morgan fingerprint density at radius 1 is 1.20 bits per heavy atom. The predicted molar refractivity (Wildman–Crippen MR) is 79.6 cm³/mol. The Morgan fingerprint density at radius 2 is 1.85 bits per heavy atom. The molecule has 0 spiro atoms. The largest absolute Gasteiger partial charge is 0.497 e. The van der Waals surface area contributed by atoms with Crippen molar-refractivity contribution in [2.24, 2.45) is 5.73 Å². The first-order valence-electron chi connectivity index (χ1n) is 6.30. The van der Waals surface area contributed by atoms with Crippen molar-refractivity contribution in [2.75, 3.05) is 7.11 Å². The second-order valence-electron chi connectivity index (χ2n) is 5.04. The summed E-state index contributed by atoms with van der Waals surface area (Å²) in [6.45, 7) is 1.90. The van der Waals surface area contributed by atoms with Crippen LogP contribution in [0.3, 0.4) is 0 Å². The van der Waals surface area contributed by atoms with E-state index in [2.05, 4.69) is 0 Å². The van der Waals surface area contributed by atoms with Gasteiger partial charge in [-0.05, 0) is 42.7 Å². The maximum absolute atomic E-state index is 13.5. The quantitative estimate of drug-likeness (QED) is 0.928. The molecule has 0 amide bonds. The third-order valence-corrected chi connectivity index (χ3v) is 3.76. The molecule has 0 saturated carbocycles. The minimum Gasteiger partial charge on any atom is -0.497 e. The lowest BCUT2D eigenvalue weighted by atomic mass is 9.86. The van der Waals surface area contributed by atoms with Crippen LogP contribution in [0.5, 0.6) is 5.75 Å². The van der Waals surface area contributed by atoms with Gasteiger partial charge in [0.2, 0.25) is 0 Å². The molecule has 4 heteroatoms. The lowest BCUT2D eigenvalue weighted by Crippen LogP contribution is -2.35. The van der Waals surface area contributed by atoms with Crippen LogP contribution >= 0.6 is 11.6 Å². The zero-order chi connectivity index (χ0) is 14.8. The van der Waals surface area contributed by atoms with Gasteiger partial charge >= 0.3 is 0 Å². The summed E-state index contributed by atoms with van der Waals surface area (Å²) in [7, 11) is 1.61. The summed E-state index contributed by atoms with van der Waals surface area (Å²) < 4.78 is 18.6. The molecular formula is C16H17ClFNO. The number of methoxy groups -OCH3 is 1. The molecule has 2 aromatic carbocycles. The monoisotopic (exact) mass is 293 g/mol. The van der Waals surface area contributed by atoms with E-state index in [4.69, 9.17) is 22.1 Å². The van der Waals surface area contributed by atoms with Crippen molar-refractivity contribution < 1.29 is 9.13 Å². The van der Waals surface area contributed by atoms with E-state index >= 15 is 0 Å². The van der Waals surface area contributed by atoms with Gasteiger partial charge in [0.05, 0.1) is 12.1 Å². The fourth-order valence-electron chi connectivity index (χ4n) is 2.15. The van der Waals surface area contributed by atoms with Gasteiger partial charge in [0, 0.05) is 5.54 Å². The van der Waals surface area contributed by atoms with E-state index in [0.29, 0.717) is 12.0 Å². The molecule has 1 unspecified atom stereocenters. The van der Waals surface area contributed by atoms with Crippen LogP contribution < -0.4 is 10.5 Å². The highest BCUT2D eigenvalue weighted by Gasteiger charge is 2.23. The SMILES string of the molecule is COc1ccc(C(C)(N)Cc2cccc(F)c2Cl)cc1. The molecule has 0 aliphatic rings. The third kappa shape index (κ3) is 3.11. The van der Waals surface area contributed by atoms with Crippen molar-refractivity contribution in [3.63, 3.8) is 0 Å². The van der Waals surface area contributed by atoms with Gasteiger partial charge in [0.25, 0.3) is 0 Å². The van der Waals surface area contributed by atoms with Crippen LogP contribution in [0.2, 0.25) is 5.02 Å². The smallest absolute Gasteiger partial charge is 0.142 e. The molecule has 106 valence electrons. The lowest BCUT2D eigenvalue weighted by molar-refractivity contribution is 0.413. The highest BCUT2D eigenvalue weighted by molar-refractivity contribution is 6.31. The molecule has 0 aromatic heterocycles. The first kappa shape index (κ1) is 14.8. The van der Waals surface area contributed by atoms with Crippen molar-refractivity contribution in [1.29, 1.82) is 0 Å². The van der Waals surface area contributed by atoms with Gasteiger partial charge in [-0.1, -0.05) is 35.9 Å². The van der Waals surface area contributed by atoms with Crippen molar-refractivity contribution in [3.05, 3.63) is 64.4 Å². The average Bonchev–Trinajstić information content (AvgIpc) is 2.44. The Hall–Kier alpha value is -1.58. The second-order valence-corrected chi connectivity index (χ2v) is 5.41. The Bertz CT molecular complexity index is 596. The Kier molecular flexibility index (Phi) is 4.31. The topological polar surface area (TPSA) is 35.2 Å². The Balaban J connectivity index is 2.27. The van der Waals surface area contributed by atoms with Gasteiger partial charge < -0.3 is 10.5 Å². The molecule has 0 heterocycles. The van der Waals surface area contributed by atoms with Crippen molar-refractivity contribution in [1.82, 2.24) is 0 Å². The minimum absolute atomic E-state index is 0.137. The zero-order valence-corrected chi connectivity index (χ0v) is 12.2. The molecule has 2 N–H and O–H groups in total. The van der Waals surface area contributed by atoms with Crippen LogP contribution in [0.4, 0.5) is 4.39 Å². The van der Waals surface area contributed by atoms with E-state index in [1.165, 1.54) is 6.07 Å². The van der Waals surface area contributed by atoms with E-state index in [-0.39, 0.29) is 5.02 Å². The maximum Gasteiger partial charge on any atom is 0.142 e. The van der Waals surface area contributed by atoms with Gasteiger partial charge in [0.1, 0.15) is 11.6 Å². The van der Waals surface area contributed by atoms with Crippen LogP contribution in [-0.2, 0) is 12.0 Å². The molecule has 2 aromatic rings. The van der Waals surface area contributed by atoms with Gasteiger partial charge in [-0.15, -0.1) is 0 Å². The molecule has 20 heavy (non-hydrogen) atoms. The summed E-state index contributed by atoms with van der Waals surface area (Å²) in [5.41, 5.74) is 7.37. The van der Waals surface area contributed by atoms with E-state index in [9.17, 15) is 4.39 Å². The highest BCUT2D eigenvalue weighted by atomic mass is 35.5.